The van der Waals surface area contributed by atoms with E-state index in [1.807, 2.05) is 4.90 Å². The Morgan fingerprint density at radius 2 is 1.95 bits per heavy atom. The highest BCUT2D eigenvalue weighted by Crippen LogP contribution is 2.27. The van der Waals surface area contributed by atoms with Gasteiger partial charge in [-0.15, -0.1) is 13.2 Å². The highest BCUT2D eigenvalue weighted by atomic mass is 16.4. The molecule has 0 unspecified atom stereocenters. The second kappa shape index (κ2) is 6.37. The average Bonchev–Trinajstić information content (AvgIpc) is 2.45. The number of pyridine rings is 1. The van der Waals surface area contributed by atoms with Gasteiger partial charge in [0.25, 0.3) is 0 Å². The second-order valence-corrected chi connectivity index (χ2v) is 4.96. The number of aromatic nitrogens is 1. The molecule has 0 saturated heterocycles. The fourth-order valence-electron chi connectivity index (χ4n) is 2.58. The van der Waals surface area contributed by atoms with E-state index < -0.39 is 5.97 Å². The van der Waals surface area contributed by atoms with E-state index in [1.54, 1.807) is 18.2 Å². The summed E-state index contributed by atoms with van der Waals surface area (Å²) in [5, 5.41) is 9.43. The number of hydrogen-bond acceptors (Lipinski definition) is 3. The molecular formula is C16H20N2O2. The zero-order chi connectivity index (χ0) is 14.5. The molecule has 1 aromatic heterocycles. The summed E-state index contributed by atoms with van der Waals surface area (Å²) < 4.78 is 0. The smallest absolute Gasteiger partial charge is 0.339 e. The first-order valence-corrected chi connectivity index (χ1v) is 6.90. The highest BCUT2D eigenvalue weighted by molar-refractivity contribution is 5.93. The summed E-state index contributed by atoms with van der Waals surface area (Å²) in [4.78, 5) is 18.0. The van der Waals surface area contributed by atoms with Crippen LogP contribution in [0.5, 0.6) is 0 Å². The maximum Gasteiger partial charge on any atom is 0.339 e. The molecule has 1 heterocycles. The minimum Gasteiger partial charge on any atom is -0.478 e. The van der Waals surface area contributed by atoms with E-state index in [0.29, 0.717) is 18.9 Å². The molecule has 0 radical (unpaired) electrons. The van der Waals surface area contributed by atoms with Crippen LogP contribution < -0.4 is 4.90 Å². The van der Waals surface area contributed by atoms with Crippen LogP contribution in [-0.4, -0.2) is 29.1 Å². The molecule has 0 fully saturated rings. The molecule has 0 aromatic carbocycles. The fraction of sp³-hybridized carbons (Fsp3) is 0.375. The van der Waals surface area contributed by atoms with Gasteiger partial charge in [0, 0.05) is 18.8 Å². The topological polar surface area (TPSA) is 53.4 Å². The van der Waals surface area contributed by atoms with Crippen molar-refractivity contribution in [2.75, 3.05) is 18.0 Å². The van der Waals surface area contributed by atoms with E-state index in [2.05, 4.69) is 18.1 Å². The summed E-state index contributed by atoms with van der Waals surface area (Å²) in [5.74, 6) is -0.406. The minimum absolute atomic E-state index is 0.273. The summed E-state index contributed by atoms with van der Waals surface area (Å²) in [6.45, 7) is 8.55. The maximum atomic E-state index is 11.5. The van der Waals surface area contributed by atoms with E-state index in [9.17, 15) is 9.90 Å². The van der Waals surface area contributed by atoms with Crippen molar-refractivity contribution in [1.82, 2.24) is 4.98 Å². The third-order valence-corrected chi connectivity index (χ3v) is 3.51. The lowest BCUT2D eigenvalue weighted by Crippen LogP contribution is -2.27. The number of carboxylic acid groups (broad SMARTS) is 1. The monoisotopic (exact) mass is 272 g/mol. The molecule has 0 bridgehead atoms. The molecule has 1 N–H and O–H groups in total. The highest BCUT2D eigenvalue weighted by Gasteiger charge is 2.21. The number of carboxylic acids is 1. The van der Waals surface area contributed by atoms with Crippen LogP contribution in [0.15, 0.2) is 31.4 Å². The Hall–Kier alpha value is -2.10. The summed E-state index contributed by atoms with van der Waals surface area (Å²) in [7, 11) is 0. The minimum atomic E-state index is -0.931. The first kappa shape index (κ1) is 14.3. The van der Waals surface area contributed by atoms with E-state index in [4.69, 9.17) is 0 Å². The van der Waals surface area contributed by atoms with Gasteiger partial charge in [0.05, 0.1) is 0 Å². The van der Waals surface area contributed by atoms with Crippen LogP contribution in [0.2, 0.25) is 0 Å². The lowest BCUT2D eigenvalue weighted by Gasteiger charge is -2.25. The normalized spacial score (nSPS) is 13.4. The van der Waals surface area contributed by atoms with E-state index in [0.717, 1.165) is 36.9 Å². The van der Waals surface area contributed by atoms with Gasteiger partial charge in [0.15, 0.2) is 0 Å². The van der Waals surface area contributed by atoms with Crippen molar-refractivity contribution in [1.29, 1.82) is 0 Å². The lowest BCUT2D eigenvalue weighted by molar-refractivity contribution is 0.0697. The predicted molar refractivity (Wildman–Crippen MR) is 80.4 cm³/mol. The van der Waals surface area contributed by atoms with Gasteiger partial charge < -0.3 is 10.0 Å². The van der Waals surface area contributed by atoms with Gasteiger partial charge in [-0.3, -0.25) is 0 Å². The van der Waals surface area contributed by atoms with Crippen molar-refractivity contribution in [3.8, 4) is 0 Å². The number of anilines is 1. The molecule has 0 amide bonds. The summed E-state index contributed by atoms with van der Waals surface area (Å²) in [5.41, 5.74) is 2.39. The Kier molecular flexibility index (Phi) is 4.56. The maximum absolute atomic E-state index is 11.5. The molecule has 1 aliphatic rings. The van der Waals surface area contributed by atoms with Crippen LogP contribution in [0.3, 0.4) is 0 Å². The molecule has 0 saturated carbocycles. The molecule has 1 aromatic rings. The molecule has 20 heavy (non-hydrogen) atoms. The van der Waals surface area contributed by atoms with Crippen LogP contribution in [0.25, 0.3) is 0 Å². The molecular weight excluding hydrogens is 252 g/mol. The molecule has 0 spiro atoms. The number of aryl methyl sites for hydroxylation is 2. The van der Waals surface area contributed by atoms with Gasteiger partial charge in [0.2, 0.25) is 0 Å². The molecule has 4 heteroatoms. The average molecular weight is 272 g/mol. The molecule has 4 nitrogen and oxygen atoms in total. The van der Waals surface area contributed by atoms with Crippen molar-refractivity contribution in [2.24, 2.45) is 0 Å². The van der Waals surface area contributed by atoms with Crippen molar-refractivity contribution >= 4 is 11.8 Å². The van der Waals surface area contributed by atoms with Crippen LogP contribution in [0.4, 0.5) is 5.82 Å². The third kappa shape index (κ3) is 2.90. The molecule has 106 valence electrons. The SMILES string of the molecule is C=CCN(CC=C)c1nc2c(cc1C(=O)O)CCCC2. The quantitative estimate of drug-likeness (QED) is 0.809. The fourth-order valence-corrected chi connectivity index (χ4v) is 2.58. The van der Waals surface area contributed by atoms with E-state index in [1.165, 1.54) is 0 Å². The van der Waals surface area contributed by atoms with Crippen molar-refractivity contribution < 1.29 is 9.90 Å². The van der Waals surface area contributed by atoms with Gasteiger partial charge in [-0.2, -0.15) is 0 Å². The predicted octanol–water partition coefficient (Wildman–Crippen LogP) is 2.84. The first-order valence-electron chi connectivity index (χ1n) is 6.90. The Morgan fingerprint density at radius 1 is 1.30 bits per heavy atom. The number of carbonyl (C=O) groups is 1. The zero-order valence-corrected chi connectivity index (χ0v) is 11.6. The van der Waals surface area contributed by atoms with E-state index in [-0.39, 0.29) is 5.56 Å². The van der Waals surface area contributed by atoms with Gasteiger partial charge in [-0.25, -0.2) is 9.78 Å². The Morgan fingerprint density at radius 3 is 2.55 bits per heavy atom. The van der Waals surface area contributed by atoms with Gasteiger partial charge >= 0.3 is 5.97 Å². The summed E-state index contributed by atoms with van der Waals surface area (Å²) >= 11 is 0. The van der Waals surface area contributed by atoms with Crippen molar-refractivity contribution in [2.45, 2.75) is 25.7 Å². The van der Waals surface area contributed by atoms with Crippen LogP contribution in [0.1, 0.15) is 34.5 Å². The molecule has 1 aliphatic carbocycles. The lowest BCUT2D eigenvalue weighted by atomic mass is 9.94. The largest absolute Gasteiger partial charge is 0.478 e. The Labute approximate surface area is 119 Å². The summed E-state index contributed by atoms with van der Waals surface area (Å²) in [6.07, 6.45) is 7.57. The van der Waals surface area contributed by atoms with Gasteiger partial charge in [0.1, 0.15) is 11.4 Å². The van der Waals surface area contributed by atoms with Crippen LogP contribution in [-0.2, 0) is 12.8 Å². The standard InChI is InChI=1S/C16H20N2O2/c1-3-9-18(10-4-2)15-13(16(19)20)11-12-7-5-6-8-14(12)17-15/h3-4,11H,1-2,5-10H2,(H,19,20). The number of rotatable bonds is 6. The third-order valence-electron chi connectivity index (χ3n) is 3.51. The van der Waals surface area contributed by atoms with Gasteiger partial charge in [-0.05, 0) is 37.3 Å². The second-order valence-electron chi connectivity index (χ2n) is 4.96. The van der Waals surface area contributed by atoms with Crippen molar-refractivity contribution in [3.63, 3.8) is 0 Å². The molecule has 2 rings (SSSR count). The first-order chi connectivity index (χ1) is 9.67. The number of hydrogen-bond donors (Lipinski definition) is 1. The Bertz CT molecular complexity index is 528. The number of fused-ring (bicyclic) bond motifs is 1. The van der Waals surface area contributed by atoms with Crippen LogP contribution >= 0.6 is 0 Å². The molecule has 0 atom stereocenters. The van der Waals surface area contributed by atoms with Crippen LogP contribution in [0, 0.1) is 0 Å². The molecule has 0 aliphatic heterocycles. The van der Waals surface area contributed by atoms with E-state index >= 15 is 0 Å². The van der Waals surface area contributed by atoms with Crippen molar-refractivity contribution in [3.05, 3.63) is 48.2 Å². The Balaban J connectivity index is 2.50. The number of nitrogens with zero attached hydrogens (tertiary/aromatic N) is 2. The summed E-state index contributed by atoms with van der Waals surface area (Å²) in [6, 6.07) is 1.79. The zero-order valence-electron chi connectivity index (χ0n) is 11.6. The number of aromatic carboxylic acids is 1. The van der Waals surface area contributed by atoms with Gasteiger partial charge in [-0.1, -0.05) is 12.2 Å².